The number of hydrogen-bond donors (Lipinski definition) is 1. The van der Waals surface area contributed by atoms with Crippen molar-refractivity contribution in [2.75, 3.05) is 0 Å². The van der Waals surface area contributed by atoms with Crippen molar-refractivity contribution in [2.24, 2.45) is 0 Å². The smallest absolute Gasteiger partial charge is 0.358 e. The van der Waals surface area contributed by atoms with Crippen molar-refractivity contribution in [2.45, 2.75) is 18.3 Å². The number of carbonyl (C=O) groups is 1. The highest BCUT2D eigenvalue weighted by Gasteiger charge is 2.57. The van der Waals surface area contributed by atoms with E-state index in [1.807, 2.05) is 0 Å². The highest BCUT2D eigenvalue weighted by Crippen LogP contribution is 2.55. The summed E-state index contributed by atoms with van der Waals surface area (Å²) in [6, 6.07) is 6.14. The third-order valence-electron chi connectivity index (χ3n) is 3.00. The maximum Gasteiger partial charge on any atom is 0.358 e. The van der Waals surface area contributed by atoms with E-state index in [2.05, 4.69) is 10.3 Å². The van der Waals surface area contributed by atoms with Gasteiger partial charge in [-0.1, -0.05) is 17.0 Å². The predicted molar refractivity (Wildman–Crippen MR) is 61.8 cm³/mol. The molecule has 20 heavy (non-hydrogen) atoms. The fraction of sp³-hybridized carbons (Fsp3) is 0.250. The zero-order chi connectivity index (χ0) is 14.3. The van der Waals surface area contributed by atoms with E-state index in [0.29, 0.717) is 11.3 Å². The number of carboxylic acid groups (broad SMARTS) is 1. The van der Waals surface area contributed by atoms with Crippen molar-refractivity contribution in [3.05, 3.63) is 41.7 Å². The molecule has 1 saturated carbocycles. The molecule has 3 rings (SSSR count). The van der Waals surface area contributed by atoms with Crippen LogP contribution >= 0.6 is 0 Å². The molecule has 1 atom stereocenters. The molecule has 0 saturated heterocycles. The molecule has 1 fully saturated rings. The Kier molecular flexibility index (Phi) is 2.66. The molecule has 1 heterocycles. The van der Waals surface area contributed by atoms with E-state index < -0.39 is 17.8 Å². The molecule has 104 valence electrons. The first-order valence-corrected chi connectivity index (χ1v) is 5.77. The van der Waals surface area contributed by atoms with Crippen LogP contribution in [0.25, 0.3) is 0 Å². The average molecular weight is 281 g/mol. The summed E-state index contributed by atoms with van der Waals surface area (Å²) >= 11 is 0. The third-order valence-corrected chi connectivity index (χ3v) is 3.00. The molecule has 6 nitrogen and oxygen atoms in total. The summed E-state index contributed by atoms with van der Waals surface area (Å²) in [5.41, 5.74) is 0.298. The SMILES string of the molecule is O=C(O)c1cn(Oc2ccc(C3CC3(F)F)cc2)nn1. The van der Waals surface area contributed by atoms with Crippen molar-refractivity contribution in [3.8, 4) is 5.75 Å². The molecule has 1 aliphatic rings. The summed E-state index contributed by atoms with van der Waals surface area (Å²) in [5, 5.41) is 15.5. The Balaban J connectivity index is 1.70. The number of halogens is 2. The van der Waals surface area contributed by atoms with Crippen LogP contribution in [0.2, 0.25) is 0 Å². The molecular formula is C12H9F2N3O3. The van der Waals surface area contributed by atoms with Crippen LogP contribution in [-0.2, 0) is 0 Å². The van der Waals surface area contributed by atoms with Gasteiger partial charge in [-0.2, -0.15) is 0 Å². The van der Waals surface area contributed by atoms with Gasteiger partial charge in [-0.3, -0.25) is 0 Å². The van der Waals surface area contributed by atoms with Gasteiger partial charge in [0.25, 0.3) is 5.92 Å². The highest BCUT2D eigenvalue weighted by molar-refractivity contribution is 5.84. The van der Waals surface area contributed by atoms with E-state index in [9.17, 15) is 13.6 Å². The Morgan fingerprint density at radius 1 is 1.40 bits per heavy atom. The van der Waals surface area contributed by atoms with Crippen LogP contribution in [0.15, 0.2) is 30.5 Å². The van der Waals surface area contributed by atoms with Crippen LogP contribution in [0.5, 0.6) is 5.75 Å². The predicted octanol–water partition coefficient (Wildman–Crippen LogP) is 1.94. The van der Waals surface area contributed by atoms with Crippen molar-refractivity contribution < 1.29 is 23.5 Å². The minimum absolute atomic E-state index is 0.127. The Morgan fingerprint density at radius 3 is 2.55 bits per heavy atom. The van der Waals surface area contributed by atoms with Crippen LogP contribution < -0.4 is 4.84 Å². The van der Waals surface area contributed by atoms with Crippen LogP contribution in [0.1, 0.15) is 28.4 Å². The molecule has 0 amide bonds. The monoisotopic (exact) mass is 281 g/mol. The number of carboxylic acids is 1. The quantitative estimate of drug-likeness (QED) is 0.926. The summed E-state index contributed by atoms with van der Waals surface area (Å²) in [4.78, 5) is 16.7. The molecule has 2 aromatic rings. The van der Waals surface area contributed by atoms with Gasteiger partial charge in [0, 0.05) is 6.42 Å². The Labute approximate surface area is 111 Å². The molecule has 1 aromatic heterocycles. The van der Waals surface area contributed by atoms with Crippen LogP contribution in [0, 0.1) is 0 Å². The molecule has 1 unspecified atom stereocenters. The van der Waals surface area contributed by atoms with E-state index in [1.54, 1.807) is 12.1 Å². The number of alkyl halides is 2. The maximum atomic E-state index is 12.9. The number of nitrogens with zero attached hydrogens (tertiary/aromatic N) is 3. The zero-order valence-electron chi connectivity index (χ0n) is 10.0. The van der Waals surface area contributed by atoms with E-state index in [0.717, 1.165) is 11.0 Å². The van der Waals surface area contributed by atoms with E-state index in [4.69, 9.17) is 9.94 Å². The fourth-order valence-corrected chi connectivity index (χ4v) is 1.84. The Bertz CT molecular complexity index is 654. The van der Waals surface area contributed by atoms with Crippen molar-refractivity contribution in [1.29, 1.82) is 0 Å². The number of aromatic nitrogens is 3. The number of benzene rings is 1. The first-order chi connectivity index (χ1) is 9.45. The van der Waals surface area contributed by atoms with Crippen molar-refractivity contribution >= 4 is 5.97 Å². The van der Waals surface area contributed by atoms with Crippen LogP contribution in [-0.4, -0.2) is 32.2 Å². The van der Waals surface area contributed by atoms with Gasteiger partial charge in [0.2, 0.25) is 0 Å². The number of aromatic carboxylic acids is 1. The zero-order valence-corrected chi connectivity index (χ0v) is 10.0. The lowest BCUT2D eigenvalue weighted by molar-refractivity contribution is 0.0689. The van der Waals surface area contributed by atoms with E-state index >= 15 is 0 Å². The summed E-state index contributed by atoms with van der Waals surface area (Å²) in [6.07, 6.45) is 0.976. The van der Waals surface area contributed by atoms with Gasteiger partial charge >= 0.3 is 5.97 Å². The van der Waals surface area contributed by atoms with Crippen LogP contribution in [0.3, 0.4) is 0 Å². The molecule has 0 spiro atoms. The summed E-state index contributed by atoms with van der Waals surface area (Å²) in [6.45, 7) is 0. The van der Waals surface area contributed by atoms with Gasteiger partial charge in [-0.15, -0.1) is 5.10 Å². The largest absolute Gasteiger partial charge is 0.476 e. The van der Waals surface area contributed by atoms with Crippen molar-refractivity contribution in [3.63, 3.8) is 0 Å². The van der Waals surface area contributed by atoms with Crippen molar-refractivity contribution in [1.82, 2.24) is 15.2 Å². The molecule has 0 bridgehead atoms. The molecule has 0 radical (unpaired) electrons. The standard InChI is InChI=1S/C12H9F2N3O3/c13-12(14)5-9(12)7-1-3-8(4-2-7)20-17-6-10(11(18)19)15-16-17/h1-4,6,9H,5H2,(H,18,19). The lowest BCUT2D eigenvalue weighted by Gasteiger charge is -2.04. The average Bonchev–Trinajstić information content (AvgIpc) is 2.84. The van der Waals surface area contributed by atoms with Gasteiger partial charge in [-0.05, 0) is 22.9 Å². The number of hydrogen-bond acceptors (Lipinski definition) is 4. The van der Waals surface area contributed by atoms with Gasteiger partial charge in [0.15, 0.2) is 11.4 Å². The van der Waals surface area contributed by atoms with Gasteiger partial charge < -0.3 is 9.94 Å². The molecule has 0 aliphatic heterocycles. The topological polar surface area (TPSA) is 77.2 Å². The van der Waals surface area contributed by atoms with E-state index in [1.165, 1.54) is 12.1 Å². The second-order valence-electron chi connectivity index (χ2n) is 4.49. The molecular weight excluding hydrogens is 272 g/mol. The van der Waals surface area contributed by atoms with Gasteiger partial charge in [0.1, 0.15) is 6.20 Å². The molecule has 1 N–H and O–H groups in total. The lowest BCUT2D eigenvalue weighted by atomic mass is 10.1. The number of rotatable bonds is 4. The molecule has 8 heteroatoms. The first-order valence-electron chi connectivity index (χ1n) is 5.77. The highest BCUT2D eigenvalue weighted by atomic mass is 19.3. The second-order valence-corrected chi connectivity index (χ2v) is 4.49. The summed E-state index contributed by atoms with van der Waals surface area (Å²) in [5.74, 6) is -4.20. The normalized spacial score (nSPS) is 19.6. The molecule has 1 aliphatic carbocycles. The Morgan fingerprint density at radius 2 is 2.05 bits per heavy atom. The van der Waals surface area contributed by atoms with Crippen LogP contribution in [0.4, 0.5) is 8.78 Å². The van der Waals surface area contributed by atoms with E-state index in [-0.39, 0.29) is 12.1 Å². The minimum atomic E-state index is -2.61. The third kappa shape index (κ3) is 2.31. The summed E-state index contributed by atoms with van der Waals surface area (Å²) in [7, 11) is 0. The maximum absolute atomic E-state index is 12.9. The first kappa shape index (κ1) is 12.5. The minimum Gasteiger partial charge on any atom is -0.476 e. The second kappa shape index (κ2) is 4.26. The lowest BCUT2D eigenvalue weighted by Crippen LogP contribution is -2.05. The van der Waals surface area contributed by atoms with Gasteiger partial charge in [-0.25, -0.2) is 13.6 Å². The Hall–Kier alpha value is -2.51. The fourth-order valence-electron chi connectivity index (χ4n) is 1.84. The van der Waals surface area contributed by atoms with Gasteiger partial charge in [0.05, 0.1) is 5.92 Å². The molecule has 1 aromatic carbocycles. The summed E-state index contributed by atoms with van der Waals surface area (Å²) < 4.78 is 25.8.